The van der Waals surface area contributed by atoms with Crippen molar-refractivity contribution in [2.45, 2.75) is 46.8 Å². The topological polar surface area (TPSA) is 29.5 Å². The third-order valence-corrected chi connectivity index (χ3v) is 2.99. The van der Waals surface area contributed by atoms with Crippen LogP contribution in [0.5, 0.6) is 0 Å². The minimum absolute atomic E-state index is 0.0856. The molecule has 0 aliphatic carbocycles. The molecule has 2 heteroatoms. The van der Waals surface area contributed by atoms with E-state index in [2.05, 4.69) is 20.8 Å². The highest BCUT2D eigenvalue weighted by Crippen LogP contribution is 2.33. The van der Waals surface area contributed by atoms with Crippen LogP contribution >= 0.6 is 0 Å². The van der Waals surface area contributed by atoms with Crippen LogP contribution < -0.4 is 0 Å². The maximum atomic E-state index is 10.5. The van der Waals surface area contributed by atoms with Crippen LogP contribution in [-0.2, 0) is 4.74 Å². The van der Waals surface area contributed by atoms with Crippen molar-refractivity contribution >= 4 is 0 Å². The molecule has 0 aliphatic rings. The van der Waals surface area contributed by atoms with Crippen molar-refractivity contribution in [1.29, 1.82) is 0 Å². The van der Waals surface area contributed by atoms with Gasteiger partial charge in [0, 0.05) is 6.61 Å². The highest BCUT2D eigenvalue weighted by atomic mass is 16.5. The van der Waals surface area contributed by atoms with Gasteiger partial charge in [-0.15, -0.1) is 0 Å². The first kappa shape index (κ1) is 14.2. The summed E-state index contributed by atoms with van der Waals surface area (Å²) in [4.78, 5) is 0. The molecule has 1 aromatic carbocycles. The molecule has 0 amide bonds. The Hall–Kier alpha value is -0.860. The molecule has 0 radical (unpaired) electrons. The number of ether oxygens (including phenoxy) is 1. The number of hydrogen-bond acceptors (Lipinski definition) is 2. The monoisotopic (exact) mass is 236 g/mol. The summed E-state index contributed by atoms with van der Waals surface area (Å²) in [5, 5.41) is 10.5. The summed E-state index contributed by atoms with van der Waals surface area (Å²) in [6.45, 7) is 10.9. The number of benzene rings is 1. The van der Waals surface area contributed by atoms with Gasteiger partial charge < -0.3 is 9.84 Å². The highest BCUT2D eigenvalue weighted by molar-refractivity contribution is 5.28. The van der Waals surface area contributed by atoms with Gasteiger partial charge in [0.05, 0.1) is 6.10 Å². The van der Waals surface area contributed by atoms with Crippen molar-refractivity contribution in [3.63, 3.8) is 0 Å². The number of hydrogen-bond donors (Lipinski definition) is 1. The van der Waals surface area contributed by atoms with E-state index in [1.54, 1.807) is 0 Å². The normalized spacial score (nSPS) is 15.6. The summed E-state index contributed by atoms with van der Waals surface area (Å²) in [5.74, 6) is 0. The van der Waals surface area contributed by atoms with Gasteiger partial charge in [-0.2, -0.15) is 0 Å². The minimum atomic E-state index is -0.573. The molecule has 1 aromatic rings. The van der Waals surface area contributed by atoms with E-state index in [1.807, 2.05) is 38.1 Å². The third kappa shape index (κ3) is 3.55. The predicted octanol–water partition coefficient (Wildman–Crippen LogP) is 3.48. The zero-order valence-electron chi connectivity index (χ0n) is 11.5. The van der Waals surface area contributed by atoms with Crippen molar-refractivity contribution in [2.75, 3.05) is 6.61 Å². The fourth-order valence-electron chi connectivity index (χ4n) is 2.08. The first-order valence-electron chi connectivity index (χ1n) is 6.23. The summed E-state index contributed by atoms with van der Waals surface area (Å²) in [5.41, 5.74) is 1.98. The van der Waals surface area contributed by atoms with Gasteiger partial charge in [0.15, 0.2) is 0 Å². The molecule has 0 saturated heterocycles. The van der Waals surface area contributed by atoms with E-state index in [4.69, 9.17) is 4.74 Å². The van der Waals surface area contributed by atoms with Crippen LogP contribution in [0.4, 0.5) is 0 Å². The molecule has 0 aliphatic heterocycles. The second-order valence-electron chi connectivity index (χ2n) is 5.54. The fraction of sp³-hybridized carbons (Fsp3) is 0.600. The molecule has 0 spiro atoms. The summed E-state index contributed by atoms with van der Waals surface area (Å²) in [7, 11) is 0. The number of aliphatic hydroxyl groups excluding tert-OH is 1. The molecular formula is C15H24O2. The maximum Gasteiger partial charge on any atom is 0.106 e. The zero-order valence-corrected chi connectivity index (χ0v) is 11.5. The Morgan fingerprint density at radius 2 is 1.82 bits per heavy atom. The fourth-order valence-corrected chi connectivity index (χ4v) is 2.08. The SMILES string of the molecule is CCOC(C(O)c1ccccc1C)C(C)(C)C. The molecule has 0 saturated carbocycles. The van der Waals surface area contributed by atoms with E-state index in [1.165, 1.54) is 0 Å². The molecule has 96 valence electrons. The van der Waals surface area contributed by atoms with Crippen LogP contribution in [0.2, 0.25) is 0 Å². The van der Waals surface area contributed by atoms with Crippen molar-refractivity contribution in [3.8, 4) is 0 Å². The summed E-state index contributed by atoms with van der Waals surface area (Å²) in [6.07, 6.45) is -0.759. The third-order valence-electron chi connectivity index (χ3n) is 2.99. The minimum Gasteiger partial charge on any atom is -0.386 e. The Morgan fingerprint density at radius 1 is 1.24 bits per heavy atom. The first-order chi connectivity index (χ1) is 7.88. The quantitative estimate of drug-likeness (QED) is 0.867. The smallest absolute Gasteiger partial charge is 0.106 e. The molecule has 0 aromatic heterocycles. The Labute approximate surface area is 105 Å². The van der Waals surface area contributed by atoms with Gasteiger partial charge in [-0.05, 0) is 30.4 Å². The van der Waals surface area contributed by atoms with Crippen molar-refractivity contribution in [3.05, 3.63) is 35.4 Å². The summed E-state index contributed by atoms with van der Waals surface area (Å²) < 4.78 is 5.73. The standard InChI is InChI=1S/C15H24O2/c1-6-17-14(15(3,4)5)13(16)12-10-8-7-9-11(12)2/h7-10,13-14,16H,6H2,1-5H3. The van der Waals surface area contributed by atoms with Gasteiger partial charge in [0.1, 0.15) is 6.10 Å². The lowest BCUT2D eigenvalue weighted by atomic mass is 9.82. The van der Waals surface area contributed by atoms with Gasteiger partial charge >= 0.3 is 0 Å². The van der Waals surface area contributed by atoms with Crippen LogP contribution in [0.25, 0.3) is 0 Å². The number of aryl methyl sites for hydroxylation is 1. The van der Waals surface area contributed by atoms with E-state index >= 15 is 0 Å². The van der Waals surface area contributed by atoms with Gasteiger partial charge in [0.2, 0.25) is 0 Å². The lowest BCUT2D eigenvalue weighted by molar-refractivity contribution is -0.0900. The Bertz CT molecular complexity index is 352. The molecule has 2 nitrogen and oxygen atoms in total. The Morgan fingerprint density at radius 3 is 2.29 bits per heavy atom. The van der Waals surface area contributed by atoms with Crippen molar-refractivity contribution in [2.24, 2.45) is 5.41 Å². The summed E-state index contributed by atoms with van der Waals surface area (Å²) in [6, 6.07) is 7.93. The van der Waals surface area contributed by atoms with E-state index in [9.17, 15) is 5.11 Å². The molecule has 2 atom stereocenters. The number of rotatable bonds is 4. The highest BCUT2D eigenvalue weighted by Gasteiger charge is 2.33. The second-order valence-corrected chi connectivity index (χ2v) is 5.54. The van der Waals surface area contributed by atoms with Crippen LogP contribution in [0.15, 0.2) is 24.3 Å². The van der Waals surface area contributed by atoms with Gasteiger partial charge in [-0.3, -0.25) is 0 Å². The largest absolute Gasteiger partial charge is 0.386 e. The zero-order chi connectivity index (χ0) is 13.1. The summed E-state index contributed by atoms with van der Waals surface area (Å²) >= 11 is 0. The molecule has 17 heavy (non-hydrogen) atoms. The molecule has 1 N–H and O–H groups in total. The van der Waals surface area contributed by atoms with E-state index < -0.39 is 6.10 Å². The van der Waals surface area contributed by atoms with E-state index in [0.29, 0.717) is 6.61 Å². The van der Waals surface area contributed by atoms with Crippen LogP contribution in [0.1, 0.15) is 44.9 Å². The predicted molar refractivity (Wildman–Crippen MR) is 71.0 cm³/mol. The molecule has 0 fully saturated rings. The molecule has 0 bridgehead atoms. The van der Waals surface area contributed by atoms with Crippen molar-refractivity contribution in [1.82, 2.24) is 0 Å². The molecule has 1 rings (SSSR count). The average molecular weight is 236 g/mol. The second kappa shape index (κ2) is 5.65. The molecule has 2 unspecified atom stereocenters. The molecule has 0 heterocycles. The lowest BCUT2D eigenvalue weighted by Gasteiger charge is -2.34. The van der Waals surface area contributed by atoms with Gasteiger partial charge in [-0.1, -0.05) is 45.0 Å². The van der Waals surface area contributed by atoms with Crippen LogP contribution in [0.3, 0.4) is 0 Å². The van der Waals surface area contributed by atoms with E-state index in [-0.39, 0.29) is 11.5 Å². The van der Waals surface area contributed by atoms with Crippen LogP contribution in [0, 0.1) is 12.3 Å². The Balaban J connectivity index is 3.00. The Kier molecular flexibility index (Phi) is 4.72. The van der Waals surface area contributed by atoms with Crippen LogP contribution in [-0.4, -0.2) is 17.8 Å². The van der Waals surface area contributed by atoms with Crippen molar-refractivity contribution < 1.29 is 9.84 Å². The molecular weight excluding hydrogens is 212 g/mol. The van der Waals surface area contributed by atoms with E-state index in [0.717, 1.165) is 11.1 Å². The average Bonchev–Trinajstić information content (AvgIpc) is 2.24. The first-order valence-corrected chi connectivity index (χ1v) is 6.23. The lowest BCUT2D eigenvalue weighted by Crippen LogP contribution is -2.35. The maximum absolute atomic E-state index is 10.5. The number of aliphatic hydroxyl groups is 1. The van der Waals surface area contributed by atoms with Gasteiger partial charge in [0.25, 0.3) is 0 Å². The van der Waals surface area contributed by atoms with Gasteiger partial charge in [-0.25, -0.2) is 0 Å².